The lowest BCUT2D eigenvalue weighted by Crippen LogP contribution is -2.15. The molecule has 1 aromatic carbocycles. The summed E-state index contributed by atoms with van der Waals surface area (Å²) < 4.78 is 4.68. The molecule has 4 nitrogen and oxygen atoms in total. The Morgan fingerprint density at radius 3 is 2.88 bits per heavy atom. The van der Waals surface area contributed by atoms with Gasteiger partial charge >= 0.3 is 0 Å². The molecule has 1 aromatic heterocycles. The predicted octanol–water partition coefficient (Wildman–Crippen LogP) is 2.47. The largest absolute Gasteiger partial charge is 0.364 e. The molecule has 0 spiro atoms. The van der Waals surface area contributed by atoms with Crippen LogP contribution in [0, 0.1) is 13.8 Å². The van der Waals surface area contributed by atoms with Gasteiger partial charge in [-0.25, -0.2) is 0 Å². The number of carbonyl (C=O) groups excluding carboxylic acids is 1. The maximum absolute atomic E-state index is 11.8. The normalized spacial score (nSPS) is 10.2. The molecule has 0 unspecified atom stereocenters. The van der Waals surface area contributed by atoms with E-state index in [0.29, 0.717) is 5.69 Å². The quantitative estimate of drug-likeness (QED) is 0.881. The Bertz CT molecular complexity index is 518. The molecule has 1 amide bonds. The molecule has 0 aliphatic heterocycles. The standard InChI is InChI=1S/C13H14N2O2/c1-9-3-4-10(2)12(7-9)14-13(16)8-11-5-6-17-15-11/h3-7H,8H2,1-2H3,(H,14,16). The Morgan fingerprint density at radius 2 is 2.18 bits per heavy atom. The lowest BCUT2D eigenvalue weighted by atomic mass is 10.1. The van der Waals surface area contributed by atoms with Gasteiger partial charge in [-0.1, -0.05) is 17.3 Å². The number of aromatic nitrogens is 1. The van der Waals surface area contributed by atoms with Crippen molar-refractivity contribution in [3.8, 4) is 0 Å². The van der Waals surface area contributed by atoms with E-state index in [1.807, 2.05) is 32.0 Å². The van der Waals surface area contributed by atoms with Crippen LogP contribution in [-0.2, 0) is 11.2 Å². The first kappa shape index (κ1) is 11.4. The number of nitrogens with zero attached hydrogens (tertiary/aromatic N) is 1. The van der Waals surface area contributed by atoms with Crippen LogP contribution < -0.4 is 5.32 Å². The molecule has 0 saturated carbocycles. The molecular weight excluding hydrogens is 216 g/mol. The van der Waals surface area contributed by atoms with Crippen LogP contribution in [0.1, 0.15) is 16.8 Å². The average Bonchev–Trinajstić information content (AvgIpc) is 2.76. The van der Waals surface area contributed by atoms with Crippen LogP contribution in [-0.4, -0.2) is 11.1 Å². The highest BCUT2D eigenvalue weighted by atomic mass is 16.5. The SMILES string of the molecule is Cc1ccc(C)c(NC(=O)Cc2ccon2)c1. The molecule has 0 fully saturated rings. The molecule has 17 heavy (non-hydrogen) atoms. The molecule has 0 aliphatic rings. The van der Waals surface area contributed by atoms with Crippen LogP contribution in [0.25, 0.3) is 0 Å². The smallest absolute Gasteiger partial charge is 0.230 e. The Kier molecular flexibility index (Phi) is 3.23. The molecule has 2 rings (SSSR count). The summed E-state index contributed by atoms with van der Waals surface area (Å²) in [5.74, 6) is -0.0902. The molecule has 88 valence electrons. The molecule has 1 N–H and O–H groups in total. The van der Waals surface area contributed by atoms with Crippen molar-refractivity contribution in [3.05, 3.63) is 47.3 Å². The number of carbonyl (C=O) groups is 1. The molecule has 0 bridgehead atoms. The molecule has 0 aliphatic carbocycles. The van der Waals surface area contributed by atoms with Gasteiger partial charge in [-0.3, -0.25) is 4.79 Å². The van der Waals surface area contributed by atoms with Gasteiger partial charge in [-0.15, -0.1) is 0 Å². The van der Waals surface area contributed by atoms with Crippen molar-refractivity contribution >= 4 is 11.6 Å². The highest BCUT2D eigenvalue weighted by molar-refractivity contribution is 5.92. The average molecular weight is 230 g/mol. The fraction of sp³-hybridized carbons (Fsp3) is 0.231. The Morgan fingerprint density at radius 1 is 1.35 bits per heavy atom. The number of hydrogen-bond acceptors (Lipinski definition) is 3. The number of nitrogens with one attached hydrogen (secondary N) is 1. The molecule has 0 atom stereocenters. The molecular formula is C13H14N2O2. The number of hydrogen-bond donors (Lipinski definition) is 1. The van der Waals surface area contributed by atoms with E-state index in [-0.39, 0.29) is 12.3 Å². The lowest BCUT2D eigenvalue weighted by molar-refractivity contribution is -0.115. The molecule has 0 saturated heterocycles. The van der Waals surface area contributed by atoms with Gasteiger partial charge in [0, 0.05) is 11.8 Å². The van der Waals surface area contributed by atoms with Gasteiger partial charge in [0.25, 0.3) is 0 Å². The number of amides is 1. The van der Waals surface area contributed by atoms with Gasteiger partial charge in [-0.2, -0.15) is 0 Å². The van der Waals surface area contributed by atoms with Crippen molar-refractivity contribution in [3.63, 3.8) is 0 Å². The molecule has 2 aromatic rings. The number of benzene rings is 1. The number of rotatable bonds is 3. The zero-order valence-corrected chi connectivity index (χ0v) is 9.86. The first-order valence-electron chi connectivity index (χ1n) is 5.41. The van der Waals surface area contributed by atoms with Gasteiger partial charge in [-0.05, 0) is 31.0 Å². The van der Waals surface area contributed by atoms with Crippen LogP contribution >= 0.6 is 0 Å². The first-order chi connectivity index (χ1) is 8.15. The predicted molar refractivity (Wildman–Crippen MR) is 64.8 cm³/mol. The summed E-state index contributed by atoms with van der Waals surface area (Å²) in [5.41, 5.74) is 3.64. The number of anilines is 1. The first-order valence-corrected chi connectivity index (χ1v) is 5.41. The van der Waals surface area contributed by atoms with Crippen LogP contribution in [0.2, 0.25) is 0 Å². The zero-order valence-electron chi connectivity index (χ0n) is 9.86. The van der Waals surface area contributed by atoms with E-state index in [4.69, 9.17) is 0 Å². The van der Waals surface area contributed by atoms with Crippen molar-refractivity contribution in [2.24, 2.45) is 0 Å². The summed E-state index contributed by atoms with van der Waals surface area (Å²) in [6, 6.07) is 7.64. The zero-order chi connectivity index (χ0) is 12.3. The highest BCUT2D eigenvalue weighted by Gasteiger charge is 2.07. The summed E-state index contributed by atoms with van der Waals surface area (Å²) in [5, 5.41) is 6.57. The number of aryl methyl sites for hydroxylation is 2. The van der Waals surface area contributed by atoms with Crippen LogP contribution in [0.15, 0.2) is 35.1 Å². The van der Waals surface area contributed by atoms with Gasteiger partial charge in [0.05, 0.1) is 12.1 Å². The van der Waals surface area contributed by atoms with Crippen molar-refractivity contribution in [2.45, 2.75) is 20.3 Å². The summed E-state index contributed by atoms with van der Waals surface area (Å²) in [7, 11) is 0. The highest BCUT2D eigenvalue weighted by Crippen LogP contribution is 2.16. The second-order valence-electron chi connectivity index (χ2n) is 4.03. The van der Waals surface area contributed by atoms with E-state index in [2.05, 4.69) is 15.0 Å². The van der Waals surface area contributed by atoms with Crippen molar-refractivity contribution in [1.29, 1.82) is 0 Å². The summed E-state index contributed by atoms with van der Waals surface area (Å²) in [6.07, 6.45) is 1.68. The van der Waals surface area contributed by atoms with E-state index in [1.54, 1.807) is 6.07 Å². The van der Waals surface area contributed by atoms with Crippen LogP contribution in [0.3, 0.4) is 0 Å². The van der Waals surface area contributed by atoms with E-state index >= 15 is 0 Å². The Hall–Kier alpha value is -2.10. The van der Waals surface area contributed by atoms with Gasteiger partial charge in [0.15, 0.2) is 0 Å². The fourth-order valence-corrected chi connectivity index (χ4v) is 1.56. The van der Waals surface area contributed by atoms with Crippen molar-refractivity contribution in [2.75, 3.05) is 5.32 Å². The monoisotopic (exact) mass is 230 g/mol. The second kappa shape index (κ2) is 4.82. The maximum Gasteiger partial charge on any atom is 0.230 e. The third-order valence-corrected chi connectivity index (χ3v) is 2.50. The Balaban J connectivity index is 2.05. The molecule has 1 heterocycles. The fourth-order valence-electron chi connectivity index (χ4n) is 1.56. The Labute approximate surface area is 99.6 Å². The van der Waals surface area contributed by atoms with Gasteiger partial charge in [0.1, 0.15) is 6.26 Å². The minimum absolute atomic E-state index is 0.0902. The van der Waals surface area contributed by atoms with Crippen molar-refractivity contribution in [1.82, 2.24) is 5.16 Å². The van der Waals surface area contributed by atoms with Gasteiger partial charge < -0.3 is 9.84 Å². The minimum Gasteiger partial charge on any atom is -0.364 e. The third-order valence-electron chi connectivity index (χ3n) is 2.50. The van der Waals surface area contributed by atoms with E-state index in [9.17, 15) is 4.79 Å². The van der Waals surface area contributed by atoms with Gasteiger partial charge in [0.2, 0.25) is 5.91 Å². The van der Waals surface area contributed by atoms with E-state index < -0.39 is 0 Å². The molecule has 0 radical (unpaired) electrons. The minimum atomic E-state index is -0.0902. The lowest BCUT2D eigenvalue weighted by Gasteiger charge is -2.08. The van der Waals surface area contributed by atoms with E-state index in [1.165, 1.54) is 6.26 Å². The van der Waals surface area contributed by atoms with Crippen molar-refractivity contribution < 1.29 is 9.32 Å². The topological polar surface area (TPSA) is 55.1 Å². The summed E-state index contributed by atoms with van der Waals surface area (Å²) >= 11 is 0. The second-order valence-corrected chi connectivity index (χ2v) is 4.03. The maximum atomic E-state index is 11.8. The third kappa shape index (κ3) is 2.93. The summed E-state index contributed by atoms with van der Waals surface area (Å²) in [4.78, 5) is 11.8. The summed E-state index contributed by atoms with van der Waals surface area (Å²) in [6.45, 7) is 3.96. The van der Waals surface area contributed by atoms with Crippen LogP contribution in [0.4, 0.5) is 5.69 Å². The van der Waals surface area contributed by atoms with Crippen LogP contribution in [0.5, 0.6) is 0 Å². The van der Waals surface area contributed by atoms with E-state index in [0.717, 1.165) is 16.8 Å². The molecule has 4 heteroatoms.